The summed E-state index contributed by atoms with van der Waals surface area (Å²) in [5.74, 6) is 0. The SMILES string of the molecule is In1c2ccccc2c2cc3c(cc21)C(c1ccccc1)(c1ccccc1)c1ccccc1-3. The van der Waals surface area contributed by atoms with Crippen LogP contribution < -0.4 is 0 Å². The number of aromatic nitrogens is 1. The first kappa shape index (κ1) is 19.1. The molecule has 0 saturated carbocycles. The Labute approximate surface area is 206 Å². The van der Waals surface area contributed by atoms with E-state index in [2.05, 4.69) is 147 Å². The van der Waals surface area contributed by atoms with Gasteiger partial charge in [-0.05, 0) is 51.6 Å². The Balaban J connectivity index is 1.70. The van der Waals surface area contributed by atoms with Gasteiger partial charge < -0.3 is 0 Å². The molecule has 156 valence electrons. The van der Waals surface area contributed by atoms with Crippen LogP contribution in [0.3, 0.4) is 0 Å². The first-order chi connectivity index (χ1) is 16.3. The molecule has 1 heterocycles. The normalized spacial score (nSPS) is 13.8. The Bertz CT molecular complexity index is 1620. The summed E-state index contributed by atoms with van der Waals surface area (Å²) in [6.45, 7) is 0. The van der Waals surface area contributed by atoms with Crippen LogP contribution in [-0.2, 0) is 5.41 Å². The molecular weight excluding hydrogens is 513 g/mol. The fourth-order valence-electron chi connectivity index (χ4n) is 5.86. The summed E-state index contributed by atoms with van der Waals surface area (Å²) in [4.78, 5) is 0. The Morgan fingerprint density at radius 3 is 1.82 bits per heavy atom. The highest BCUT2D eigenvalue weighted by molar-refractivity contribution is 14.1. The fourth-order valence-corrected chi connectivity index (χ4v) is 6.68. The third kappa shape index (κ3) is 2.47. The number of rotatable bonds is 2. The third-order valence-electron chi connectivity index (χ3n) is 7.19. The van der Waals surface area contributed by atoms with Crippen LogP contribution in [0.15, 0.2) is 121 Å². The van der Waals surface area contributed by atoms with Gasteiger partial charge >= 0.3 is 0 Å². The zero-order valence-corrected chi connectivity index (χ0v) is 20.0. The molecule has 1 aliphatic rings. The minimum Gasteiger partial charge on any atom is -0.282 e. The summed E-state index contributed by atoms with van der Waals surface area (Å²) in [5.41, 5.74) is 10.1. The van der Waals surface area contributed by atoms with E-state index in [-0.39, 0.29) is 5.41 Å². The summed E-state index contributed by atoms with van der Waals surface area (Å²) in [5, 5.41) is 2.62. The lowest BCUT2D eigenvalue weighted by Crippen LogP contribution is -2.28. The predicted molar refractivity (Wildman–Crippen MR) is 146 cm³/mol. The molecule has 6 aromatic rings. The van der Waals surface area contributed by atoms with Crippen LogP contribution in [0.1, 0.15) is 22.3 Å². The molecule has 7 rings (SSSR count). The van der Waals surface area contributed by atoms with Gasteiger partial charge in [-0.1, -0.05) is 103 Å². The number of para-hydroxylation sites is 1. The second-order valence-electron chi connectivity index (χ2n) is 8.74. The molecule has 0 amide bonds. The van der Waals surface area contributed by atoms with Gasteiger partial charge in [0, 0.05) is 10.8 Å². The van der Waals surface area contributed by atoms with Crippen LogP contribution in [-0.4, -0.2) is 2.78 Å². The molecule has 0 saturated heterocycles. The average molecular weight is 533 g/mol. The van der Waals surface area contributed by atoms with Gasteiger partial charge in [-0.15, -0.1) is 0 Å². The molecule has 0 atom stereocenters. The van der Waals surface area contributed by atoms with Gasteiger partial charge in [0.1, 0.15) is 0 Å². The van der Waals surface area contributed by atoms with E-state index in [4.69, 9.17) is 0 Å². The van der Waals surface area contributed by atoms with Gasteiger partial charge in [0.05, 0.1) is 39.3 Å². The van der Waals surface area contributed by atoms with Crippen molar-refractivity contribution in [1.29, 1.82) is 0 Å². The highest BCUT2D eigenvalue weighted by Gasteiger charge is 2.46. The van der Waals surface area contributed by atoms with Crippen molar-refractivity contribution in [2.75, 3.05) is 0 Å². The van der Waals surface area contributed by atoms with E-state index >= 15 is 0 Å². The van der Waals surface area contributed by atoms with Crippen molar-refractivity contribution >= 4 is 44.7 Å². The summed E-state index contributed by atoms with van der Waals surface area (Å²) in [7, 11) is 0. The van der Waals surface area contributed by atoms with Crippen molar-refractivity contribution in [3.8, 4) is 11.1 Å². The van der Waals surface area contributed by atoms with Crippen LogP contribution in [0.2, 0.25) is 0 Å². The number of nitrogens with zero attached hydrogens (tertiary/aromatic N) is 1. The molecule has 0 aliphatic heterocycles. The second kappa shape index (κ2) is 7.06. The molecule has 1 aliphatic carbocycles. The molecule has 5 aromatic carbocycles. The molecule has 2 heteroatoms. The lowest BCUT2D eigenvalue weighted by molar-refractivity contribution is 0.769. The minimum atomic E-state index is -0.351. The van der Waals surface area contributed by atoms with Gasteiger partial charge in [0.15, 0.2) is 0 Å². The quantitative estimate of drug-likeness (QED) is 0.197. The topological polar surface area (TPSA) is 4.93 Å². The first-order valence-electron chi connectivity index (χ1n) is 11.2. The Morgan fingerprint density at radius 2 is 1.09 bits per heavy atom. The fraction of sp³-hybridized carbons (Fsp3) is 0.0323. The van der Waals surface area contributed by atoms with Crippen molar-refractivity contribution in [2.24, 2.45) is 0 Å². The van der Waals surface area contributed by atoms with Crippen molar-refractivity contribution in [3.05, 3.63) is 144 Å². The second-order valence-corrected chi connectivity index (χ2v) is 9.71. The maximum atomic E-state index is 2.45. The molecule has 0 N–H and O–H groups in total. The molecular formula is C31H20IN. The third-order valence-corrected chi connectivity index (χ3v) is 8.23. The van der Waals surface area contributed by atoms with E-state index in [0.717, 1.165) is 0 Å². The van der Waals surface area contributed by atoms with Crippen LogP contribution in [0, 0.1) is 0 Å². The van der Waals surface area contributed by atoms with Gasteiger partial charge in [0.25, 0.3) is 0 Å². The maximum absolute atomic E-state index is 2.45. The van der Waals surface area contributed by atoms with Crippen LogP contribution in [0.5, 0.6) is 0 Å². The van der Waals surface area contributed by atoms with E-state index in [0.29, 0.717) is 0 Å². The highest BCUT2D eigenvalue weighted by atomic mass is 127. The molecule has 1 nitrogen and oxygen atoms in total. The highest BCUT2D eigenvalue weighted by Crippen LogP contribution is 2.57. The maximum Gasteiger partial charge on any atom is 0.0714 e. The van der Waals surface area contributed by atoms with E-state index in [1.54, 1.807) is 0 Å². The molecule has 0 spiro atoms. The molecule has 0 radical (unpaired) electrons. The minimum absolute atomic E-state index is 0.351. The molecule has 0 unspecified atom stereocenters. The monoisotopic (exact) mass is 533 g/mol. The largest absolute Gasteiger partial charge is 0.282 e. The lowest BCUT2D eigenvalue weighted by Gasteiger charge is -2.33. The van der Waals surface area contributed by atoms with E-state index in [9.17, 15) is 0 Å². The first-order valence-corrected chi connectivity index (χ1v) is 12.2. The summed E-state index contributed by atoms with van der Waals surface area (Å²) in [6.07, 6.45) is 0. The standard InChI is InChI=1S/C31H20IN/c32-33-29-18-10-8-16-24(29)26-19-25-23-15-7-9-17-27(23)31(28(25)20-30(26)33,21-11-3-1-4-12-21)22-13-5-2-6-14-22/h1-20H. The number of hydrogen-bond acceptors (Lipinski definition) is 0. The molecule has 33 heavy (non-hydrogen) atoms. The predicted octanol–water partition coefficient (Wildman–Crippen LogP) is 8.36. The van der Waals surface area contributed by atoms with Gasteiger partial charge in [0.2, 0.25) is 0 Å². The summed E-state index contributed by atoms with van der Waals surface area (Å²) in [6, 6.07) is 44.5. The number of benzene rings is 5. The van der Waals surface area contributed by atoms with Crippen LogP contribution >= 0.6 is 22.9 Å². The Kier molecular flexibility index (Phi) is 4.09. The van der Waals surface area contributed by atoms with Crippen molar-refractivity contribution < 1.29 is 0 Å². The molecule has 0 fully saturated rings. The smallest absolute Gasteiger partial charge is 0.0714 e. The molecule has 0 bridgehead atoms. The van der Waals surface area contributed by atoms with Gasteiger partial charge in [-0.25, -0.2) is 0 Å². The number of hydrogen-bond donors (Lipinski definition) is 0. The Morgan fingerprint density at radius 1 is 0.485 bits per heavy atom. The number of fused-ring (bicyclic) bond motifs is 6. The summed E-state index contributed by atoms with van der Waals surface area (Å²) >= 11 is 2.45. The van der Waals surface area contributed by atoms with Crippen molar-refractivity contribution in [3.63, 3.8) is 0 Å². The van der Waals surface area contributed by atoms with Crippen LogP contribution in [0.25, 0.3) is 32.9 Å². The zero-order valence-electron chi connectivity index (χ0n) is 17.9. The zero-order chi connectivity index (χ0) is 22.0. The molecule has 1 aromatic heterocycles. The average Bonchev–Trinajstić information content (AvgIpc) is 3.34. The van der Waals surface area contributed by atoms with Crippen molar-refractivity contribution in [1.82, 2.24) is 2.78 Å². The summed E-state index contributed by atoms with van der Waals surface area (Å²) < 4.78 is 2.31. The van der Waals surface area contributed by atoms with E-state index in [1.807, 2.05) is 0 Å². The lowest BCUT2D eigenvalue weighted by atomic mass is 9.67. The number of halogens is 1. The van der Waals surface area contributed by atoms with Crippen LogP contribution in [0.4, 0.5) is 0 Å². The van der Waals surface area contributed by atoms with E-state index < -0.39 is 0 Å². The van der Waals surface area contributed by atoms with Gasteiger partial charge in [-0.3, -0.25) is 2.78 Å². The van der Waals surface area contributed by atoms with Gasteiger partial charge in [-0.2, -0.15) is 0 Å². The Hall–Kier alpha value is -3.37. The van der Waals surface area contributed by atoms with Crippen molar-refractivity contribution in [2.45, 2.75) is 5.41 Å². The van der Waals surface area contributed by atoms with E-state index in [1.165, 1.54) is 55.2 Å².